The van der Waals surface area contributed by atoms with Crippen molar-refractivity contribution < 1.29 is 14.0 Å². The Morgan fingerprint density at radius 3 is 2.19 bits per heavy atom. The molecule has 1 fully saturated rings. The number of nitrogens with one attached hydrogen (secondary N) is 1. The van der Waals surface area contributed by atoms with Gasteiger partial charge in [-0.15, -0.1) is 11.8 Å². The molecule has 1 aliphatic rings. The van der Waals surface area contributed by atoms with Crippen molar-refractivity contribution in [1.82, 2.24) is 0 Å². The maximum absolute atomic E-state index is 13.1. The molecule has 0 bridgehead atoms. The highest BCUT2D eigenvalue weighted by Gasteiger charge is 2.34. The van der Waals surface area contributed by atoms with E-state index in [4.69, 9.17) is 0 Å². The number of carbonyl (C=O) groups excluding carboxylic acids is 2. The van der Waals surface area contributed by atoms with Crippen molar-refractivity contribution in [2.45, 2.75) is 31.6 Å². The molecule has 6 heteroatoms. The second kappa shape index (κ2) is 8.79. The second-order valence-electron chi connectivity index (χ2n) is 8.81. The molecular formula is C26H25FN2O2S. The normalized spacial score (nSPS) is 16.3. The fraction of sp³-hybridized carbons (Fsp3) is 0.231. The van der Waals surface area contributed by atoms with E-state index in [2.05, 4.69) is 38.2 Å². The summed E-state index contributed by atoms with van der Waals surface area (Å²) >= 11 is 1.59. The van der Waals surface area contributed by atoms with Gasteiger partial charge >= 0.3 is 0 Å². The minimum atomic E-state index is -0.382. The van der Waals surface area contributed by atoms with Gasteiger partial charge in [0.1, 0.15) is 11.2 Å². The van der Waals surface area contributed by atoms with Crippen LogP contribution in [0.2, 0.25) is 0 Å². The Morgan fingerprint density at radius 2 is 1.59 bits per heavy atom. The van der Waals surface area contributed by atoms with Crippen molar-refractivity contribution >= 4 is 35.0 Å². The molecule has 1 aliphatic heterocycles. The Morgan fingerprint density at radius 1 is 0.969 bits per heavy atom. The number of benzene rings is 3. The Balaban J connectivity index is 1.50. The highest BCUT2D eigenvalue weighted by molar-refractivity contribution is 8.00. The molecule has 0 aromatic heterocycles. The van der Waals surface area contributed by atoms with E-state index in [0.717, 1.165) is 11.3 Å². The number of anilines is 2. The summed E-state index contributed by atoms with van der Waals surface area (Å²) < 4.78 is 13.1. The smallest absolute Gasteiger partial charge is 0.255 e. The third-order valence-corrected chi connectivity index (χ3v) is 6.65. The molecule has 0 spiro atoms. The summed E-state index contributed by atoms with van der Waals surface area (Å²) in [4.78, 5) is 26.8. The number of carbonyl (C=O) groups is 2. The summed E-state index contributed by atoms with van der Waals surface area (Å²) in [7, 11) is 0. The van der Waals surface area contributed by atoms with Crippen LogP contribution in [0.1, 0.15) is 47.6 Å². The van der Waals surface area contributed by atoms with Gasteiger partial charge in [0.2, 0.25) is 5.91 Å². The molecule has 3 aromatic rings. The summed E-state index contributed by atoms with van der Waals surface area (Å²) in [5.41, 5.74) is 4.16. The predicted octanol–water partition coefficient (Wildman–Crippen LogP) is 6.15. The van der Waals surface area contributed by atoms with E-state index >= 15 is 0 Å². The maximum Gasteiger partial charge on any atom is 0.255 e. The highest BCUT2D eigenvalue weighted by atomic mass is 32.2. The van der Waals surface area contributed by atoms with Crippen LogP contribution in [-0.2, 0) is 10.2 Å². The number of hydrogen-bond acceptors (Lipinski definition) is 3. The first-order chi connectivity index (χ1) is 15.2. The van der Waals surface area contributed by atoms with Crippen molar-refractivity contribution in [3.05, 3.63) is 95.3 Å². The minimum absolute atomic E-state index is 0.0515. The number of rotatable bonds is 4. The summed E-state index contributed by atoms with van der Waals surface area (Å²) in [6.07, 6.45) is 0. The number of thioether (sulfide) groups is 1. The molecule has 1 heterocycles. The summed E-state index contributed by atoms with van der Waals surface area (Å²) in [5, 5.41) is 2.70. The first-order valence-corrected chi connectivity index (χ1v) is 11.5. The van der Waals surface area contributed by atoms with Crippen LogP contribution in [0.25, 0.3) is 0 Å². The van der Waals surface area contributed by atoms with Gasteiger partial charge in [-0.25, -0.2) is 4.39 Å². The van der Waals surface area contributed by atoms with Crippen molar-refractivity contribution in [2.75, 3.05) is 16.0 Å². The van der Waals surface area contributed by atoms with Crippen LogP contribution in [-0.4, -0.2) is 17.6 Å². The molecule has 0 saturated carbocycles. The molecule has 0 aliphatic carbocycles. The molecular weight excluding hydrogens is 423 g/mol. The molecule has 1 saturated heterocycles. The van der Waals surface area contributed by atoms with Crippen molar-refractivity contribution in [2.24, 2.45) is 0 Å². The highest BCUT2D eigenvalue weighted by Crippen LogP contribution is 2.42. The van der Waals surface area contributed by atoms with Gasteiger partial charge in [0.25, 0.3) is 5.91 Å². The Labute approximate surface area is 191 Å². The second-order valence-corrected chi connectivity index (χ2v) is 9.88. The van der Waals surface area contributed by atoms with Crippen molar-refractivity contribution in [1.29, 1.82) is 0 Å². The van der Waals surface area contributed by atoms with E-state index in [1.165, 1.54) is 29.8 Å². The standard InChI is InChI=1S/C26H25FN2O2S/c1-26(2,3)19-8-14-22(15-9-19)29-23(30)16-32-25(29)18-6-12-21(13-7-18)28-24(31)17-4-10-20(27)11-5-17/h4-15,25H,16H2,1-3H3,(H,28,31)/t25-/m0/s1. The van der Waals surface area contributed by atoms with Crippen LogP contribution in [0.5, 0.6) is 0 Å². The lowest BCUT2D eigenvalue weighted by molar-refractivity contribution is -0.115. The summed E-state index contributed by atoms with van der Waals surface area (Å²) in [6.45, 7) is 6.49. The van der Waals surface area contributed by atoms with E-state index in [-0.39, 0.29) is 28.4 Å². The third-order valence-electron chi connectivity index (χ3n) is 5.44. The molecule has 32 heavy (non-hydrogen) atoms. The number of halogens is 1. The fourth-order valence-corrected chi connectivity index (χ4v) is 4.78. The van der Waals surface area contributed by atoms with E-state index < -0.39 is 0 Å². The zero-order valence-electron chi connectivity index (χ0n) is 18.3. The molecule has 0 unspecified atom stereocenters. The molecule has 4 nitrogen and oxygen atoms in total. The van der Waals surface area contributed by atoms with Crippen LogP contribution < -0.4 is 10.2 Å². The first kappa shape index (κ1) is 22.1. The summed E-state index contributed by atoms with van der Waals surface area (Å²) in [6, 6.07) is 21.1. The third kappa shape index (κ3) is 4.70. The van der Waals surface area contributed by atoms with Crippen molar-refractivity contribution in [3.8, 4) is 0 Å². The lowest BCUT2D eigenvalue weighted by atomic mass is 9.87. The monoisotopic (exact) mass is 448 g/mol. The van der Waals surface area contributed by atoms with Crippen LogP contribution in [0, 0.1) is 5.82 Å². The first-order valence-electron chi connectivity index (χ1n) is 10.4. The molecule has 164 valence electrons. The van der Waals surface area contributed by atoms with Crippen LogP contribution in [0.3, 0.4) is 0 Å². The van der Waals surface area contributed by atoms with Gasteiger partial charge in [-0.3, -0.25) is 14.5 Å². The summed E-state index contributed by atoms with van der Waals surface area (Å²) in [5.74, 6) is -0.178. The largest absolute Gasteiger partial charge is 0.322 e. The number of hydrogen-bond donors (Lipinski definition) is 1. The average molecular weight is 449 g/mol. The zero-order chi connectivity index (χ0) is 22.9. The molecule has 3 aromatic carbocycles. The molecule has 4 rings (SSSR count). The van der Waals surface area contributed by atoms with E-state index in [1.54, 1.807) is 11.8 Å². The van der Waals surface area contributed by atoms with Crippen LogP contribution in [0.4, 0.5) is 15.8 Å². The van der Waals surface area contributed by atoms with Gasteiger partial charge in [0.05, 0.1) is 5.75 Å². The van der Waals surface area contributed by atoms with Gasteiger partial charge < -0.3 is 5.32 Å². The maximum atomic E-state index is 13.1. The van der Waals surface area contributed by atoms with Crippen LogP contribution in [0.15, 0.2) is 72.8 Å². The van der Waals surface area contributed by atoms with E-state index in [9.17, 15) is 14.0 Å². The Hall–Kier alpha value is -3.12. The lowest BCUT2D eigenvalue weighted by Crippen LogP contribution is -2.28. The van der Waals surface area contributed by atoms with E-state index in [0.29, 0.717) is 17.0 Å². The number of amides is 2. The molecule has 2 amide bonds. The minimum Gasteiger partial charge on any atom is -0.322 e. The van der Waals surface area contributed by atoms with E-state index in [1.807, 2.05) is 41.3 Å². The lowest BCUT2D eigenvalue weighted by Gasteiger charge is -2.26. The molecule has 1 N–H and O–H groups in total. The Kier molecular flexibility index (Phi) is 6.07. The number of nitrogens with zero attached hydrogens (tertiary/aromatic N) is 1. The van der Waals surface area contributed by atoms with Gasteiger partial charge in [0.15, 0.2) is 0 Å². The topological polar surface area (TPSA) is 49.4 Å². The molecule has 0 radical (unpaired) electrons. The van der Waals surface area contributed by atoms with Gasteiger partial charge in [-0.2, -0.15) is 0 Å². The van der Waals surface area contributed by atoms with Crippen molar-refractivity contribution in [3.63, 3.8) is 0 Å². The van der Waals surface area contributed by atoms with Crippen LogP contribution >= 0.6 is 11.8 Å². The average Bonchev–Trinajstić information content (AvgIpc) is 3.15. The van der Waals surface area contributed by atoms with Gasteiger partial charge in [-0.05, 0) is 65.1 Å². The fourth-order valence-electron chi connectivity index (χ4n) is 3.61. The molecule has 1 atom stereocenters. The van der Waals surface area contributed by atoms with Gasteiger partial charge in [-0.1, -0.05) is 45.0 Å². The zero-order valence-corrected chi connectivity index (χ0v) is 19.1. The SMILES string of the molecule is CC(C)(C)c1ccc(N2C(=O)CS[C@H]2c2ccc(NC(=O)c3ccc(F)cc3)cc2)cc1. The Bertz CT molecular complexity index is 1120. The predicted molar refractivity (Wildman–Crippen MR) is 129 cm³/mol. The quantitative estimate of drug-likeness (QED) is 0.520. The van der Waals surface area contributed by atoms with Gasteiger partial charge in [0, 0.05) is 16.9 Å².